The maximum absolute atomic E-state index is 10.8. The quantitative estimate of drug-likeness (QED) is 0.597. The lowest BCUT2D eigenvalue weighted by atomic mass is 10.1. The number of hydrogen-bond acceptors (Lipinski definition) is 3. The molecular weight excluding hydrogens is 246 g/mol. The summed E-state index contributed by atoms with van der Waals surface area (Å²) in [5.41, 5.74) is 0. The molecule has 1 aliphatic rings. The Morgan fingerprint density at radius 1 is 1.17 bits per heavy atom. The lowest BCUT2D eigenvalue weighted by molar-refractivity contribution is -0.138. The van der Waals surface area contributed by atoms with Gasteiger partial charge in [-0.15, -0.1) is 11.8 Å². The van der Waals surface area contributed by atoms with Crippen LogP contribution in [0.3, 0.4) is 0 Å². The van der Waals surface area contributed by atoms with Gasteiger partial charge in [0.15, 0.2) is 0 Å². The number of unbranched alkanes of at least 4 members (excludes halogenated alkanes) is 7. The van der Waals surface area contributed by atoms with Gasteiger partial charge in [-0.05, 0) is 6.42 Å². The largest absolute Gasteiger partial charge is 0.480 e. The van der Waals surface area contributed by atoms with Crippen LogP contribution in [0.1, 0.15) is 64.7 Å². The third-order valence-electron chi connectivity index (χ3n) is 3.47. The SMILES string of the molecule is CCCCCCCCCC[C@H]1N[C@@H](C(=O)O)CS1. The van der Waals surface area contributed by atoms with E-state index < -0.39 is 5.97 Å². The highest BCUT2D eigenvalue weighted by molar-refractivity contribution is 8.00. The number of carboxylic acid groups (broad SMARTS) is 1. The maximum Gasteiger partial charge on any atom is 0.321 e. The van der Waals surface area contributed by atoms with E-state index in [2.05, 4.69) is 12.2 Å². The molecule has 18 heavy (non-hydrogen) atoms. The molecule has 1 saturated heterocycles. The predicted molar refractivity (Wildman–Crippen MR) is 78.0 cm³/mol. The lowest BCUT2D eigenvalue weighted by Crippen LogP contribution is -2.36. The molecule has 0 saturated carbocycles. The highest BCUT2D eigenvalue weighted by Gasteiger charge is 2.28. The molecule has 0 bridgehead atoms. The Morgan fingerprint density at radius 3 is 2.33 bits per heavy atom. The highest BCUT2D eigenvalue weighted by Crippen LogP contribution is 2.23. The van der Waals surface area contributed by atoms with E-state index in [0.29, 0.717) is 5.37 Å². The molecule has 0 unspecified atom stereocenters. The van der Waals surface area contributed by atoms with Crippen molar-refractivity contribution in [2.75, 3.05) is 5.75 Å². The molecule has 0 amide bonds. The third-order valence-corrected chi connectivity index (χ3v) is 4.77. The summed E-state index contributed by atoms with van der Waals surface area (Å²) in [5, 5.41) is 12.4. The van der Waals surface area contributed by atoms with Crippen molar-refractivity contribution in [3.05, 3.63) is 0 Å². The Labute approximate surface area is 115 Å². The number of carbonyl (C=O) groups is 1. The molecule has 0 radical (unpaired) electrons. The average Bonchev–Trinajstić information content (AvgIpc) is 2.81. The molecule has 1 fully saturated rings. The van der Waals surface area contributed by atoms with Crippen LogP contribution >= 0.6 is 11.8 Å². The Kier molecular flexibility index (Phi) is 8.51. The van der Waals surface area contributed by atoms with Gasteiger partial charge in [0.2, 0.25) is 0 Å². The molecule has 0 spiro atoms. The number of hydrogen-bond donors (Lipinski definition) is 2. The van der Waals surface area contributed by atoms with E-state index in [1.165, 1.54) is 51.4 Å². The predicted octanol–water partition coefficient (Wildman–Crippen LogP) is 3.63. The zero-order chi connectivity index (χ0) is 13.2. The summed E-state index contributed by atoms with van der Waals surface area (Å²) in [6, 6.07) is -0.325. The number of aliphatic carboxylic acids is 1. The van der Waals surface area contributed by atoms with Crippen LogP contribution in [0.4, 0.5) is 0 Å². The van der Waals surface area contributed by atoms with Gasteiger partial charge in [0.25, 0.3) is 0 Å². The third kappa shape index (κ3) is 6.64. The average molecular weight is 273 g/mol. The molecule has 0 aliphatic carbocycles. The second-order valence-electron chi connectivity index (χ2n) is 5.14. The van der Waals surface area contributed by atoms with Crippen LogP contribution in [0.15, 0.2) is 0 Å². The second kappa shape index (κ2) is 9.68. The van der Waals surface area contributed by atoms with Crippen LogP contribution in [-0.4, -0.2) is 28.2 Å². The molecule has 1 aliphatic heterocycles. The summed E-state index contributed by atoms with van der Waals surface area (Å²) in [6.07, 6.45) is 11.8. The van der Waals surface area contributed by atoms with Crippen molar-refractivity contribution in [2.24, 2.45) is 0 Å². The van der Waals surface area contributed by atoms with E-state index in [4.69, 9.17) is 5.11 Å². The maximum atomic E-state index is 10.8. The van der Waals surface area contributed by atoms with Crippen molar-refractivity contribution >= 4 is 17.7 Å². The lowest BCUT2D eigenvalue weighted by Gasteiger charge is -2.10. The normalized spacial score (nSPS) is 23.4. The van der Waals surface area contributed by atoms with Crippen molar-refractivity contribution in [2.45, 2.75) is 76.1 Å². The van der Waals surface area contributed by atoms with E-state index in [9.17, 15) is 4.79 Å². The van der Waals surface area contributed by atoms with Gasteiger partial charge in [-0.2, -0.15) is 0 Å². The van der Waals surface area contributed by atoms with E-state index in [-0.39, 0.29) is 6.04 Å². The Morgan fingerprint density at radius 2 is 1.78 bits per heavy atom. The Bertz CT molecular complexity index is 236. The fraction of sp³-hybridized carbons (Fsp3) is 0.929. The summed E-state index contributed by atoms with van der Waals surface area (Å²) in [7, 11) is 0. The first-order chi connectivity index (χ1) is 8.74. The van der Waals surface area contributed by atoms with E-state index in [1.807, 2.05) is 0 Å². The smallest absolute Gasteiger partial charge is 0.321 e. The monoisotopic (exact) mass is 273 g/mol. The minimum absolute atomic E-state index is 0.325. The van der Waals surface area contributed by atoms with Crippen molar-refractivity contribution < 1.29 is 9.90 Å². The van der Waals surface area contributed by atoms with Gasteiger partial charge < -0.3 is 5.11 Å². The molecule has 106 valence electrons. The minimum Gasteiger partial charge on any atom is -0.480 e. The number of rotatable bonds is 10. The molecule has 0 aromatic heterocycles. The van der Waals surface area contributed by atoms with Gasteiger partial charge >= 0.3 is 5.97 Å². The minimum atomic E-state index is -0.707. The molecule has 1 heterocycles. The summed E-state index contributed by atoms with van der Waals surface area (Å²) < 4.78 is 0. The molecule has 1 rings (SSSR count). The highest BCUT2D eigenvalue weighted by atomic mass is 32.2. The fourth-order valence-corrected chi connectivity index (χ4v) is 3.56. The molecule has 4 heteroatoms. The topological polar surface area (TPSA) is 49.3 Å². The summed E-state index contributed by atoms with van der Waals surface area (Å²) in [4.78, 5) is 10.8. The van der Waals surface area contributed by atoms with Gasteiger partial charge in [0.05, 0.1) is 5.37 Å². The van der Waals surface area contributed by atoms with Crippen LogP contribution in [-0.2, 0) is 4.79 Å². The number of nitrogens with one attached hydrogen (secondary N) is 1. The van der Waals surface area contributed by atoms with Crippen molar-refractivity contribution in [3.8, 4) is 0 Å². The molecule has 0 aromatic carbocycles. The van der Waals surface area contributed by atoms with Crippen molar-refractivity contribution in [3.63, 3.8) is 0 Å². The van der Waals surface area contributed by atoms with Crippen LogP contribution in [0, 0.1) is 0 Å². The Hall–Kier alpha value is -0.220. The molecule has 0 aromatic rings. The molecule has 3 nitrogen and oxygen atoms in total. The zero-order valence-electron chi connectivity index (χ0n) is 11.5. The van der Waals surface area contributed by atoms with Gasteiger partial charge in [-0.3, -0.25) is 10.1 Å². The Balaban J connectivity index is 1.88. The molecular formula is C14H27NO2S. The number of carboxylic acids is 1. The van der Waals surface area contributed by atoms with Crippen LogP contribution in [0.25, 0.3) is 0 Å². The summed E-state index contributed by atoms with van der Waals surface area (Å²) in [5.74, 6) is 0.0118. The molecule has 2 atom stereocenters. The van der Waals surface area contributed by atoms with Gasteiger partial charge in [-0.1, -0.05) is 58.3 Å². The number of thioether (sulfide) groups is 1. The van der Waals surface area contributed by atoms with Crippen LogP contribution in [0.5, 0.6) is 0 Å². The van der Waals surface area contributed by atoms with Crippen LogP contribution in [0.2, 0.25) is 0 Å². The van der Waals surface area contributed by atoms with E-state index >= 15 is 0 Å². The standard InChI is InChI=1S/C14H27NO2S/c1-2-3-4-5-6-7-8-9-10-13-15-12(11-18-13)14(16)17/h12-13,15H,2-11H2,1H3,(H,16,17)/t12-,13+/m1/s1. The zero-order valence-corrected chi connectivity index (χ0v) is 12.3. The van der Waals surface area contributed by atoms with Gasteiger partial charge in [0, 0.05) is 5.75 Å². The fourth-order valence-electron chi connectivity index (χ4n) is 2.31. The first kappa shape index (κ1) is 15.8. The van der Waals surface area contributed by atoms with E-state index in [0.717, 1.165) is 12.2 Å². The van der Waals surface area contributed by atoms with Crippen LogP contribution < -0.4 is 5.32 Å². The van der Waals surface area contributed by atoms with E-state index in [1.54, 1.807) is 11.8 Å². The summed E-state index contributed by atoms with van der Waals surface area (Å²) in [6.45, 7) is 2.25. The summed E-state index contributed by atoms with van der Waals surface area (Å²) >= 11 is 1.76. The second-order valence-corrected chi connectivity index (χ2v) is 6.38. The molecule has 2 N–H and O–H groups in total. The first-order valence-corrected chi connectivity index (χ1v) is 8.39. The van der Waals surface area contributed by atoms with Gasteiger partial charge in [0.1, 0.15) is 6.04 Å². The van der Waals surface area contributed by atoms with Crippen molar-refractivity contribution in [1.82, 2.24) is 5.32 Å². The van der Waals surface area contributed by atoms with Gasteiger partial charge in [-0.25, -0.2) is 0 Å². The van der Waals surface area contributed by atoms with Crippen molar-refractivity contribution in [1.29, 1.82) is 0 Å². The first-order valence-electron chi connectivity index (χ1n) is 7.34.